The number of nitrogens with zero attached hydrogens (tertiary/aromatic N) is 4. The first kappa shape index (κ1) is 17.5. The van der Waals surface area contributed by atoms with Gasteiger partial charge in [0.15, 0.2) is 11.6 Å². The van der Waals surface area contributed by atoms with Gasteiger partial charge in [0.25, 0.3) is 0 Å². The van der Waals surface area contributed by atoms with Crippen LogP contribution in [-0.4, -0.2) is 24.5 Å². The maximum atomic E-state index is 11.5. The monoisotopic (exact) mass is 379 g/mol. The van der Waals surface area contributed by atoms with E-state index < -0.39 is 11.4 Å². The fourth-order valence-corrected chi connectivity index (χ4v) is 2.67. The number of H-pyrrole nitrogens is 1. The molecule has 0 saturated heterocycles. The molecule has 0 unspecified atom stereocenters. The summed E-state index contributed by atoms with van der Waals surface area (Å²) in [6, 6.07) is 16.9. The lowest BCUT2D eigenvalue weighted by molar-refractivity contribution is 0.258. The third kappa shape index (κ3) is 3.78. The molecule has 0 amide bonds. The minimum absolute atomic E-state index is 0.154. The van der Waals surface area contributed by atoms with Crippen LogP contribution in [0, 0.1) is 0 Å². The van der Waals surface area contributed by atoms with E-state index in [4.69, 9.17) is 9.26 Å². The molecule has 0 aliphatic carbocycles. The van der Waals surface area contributed by atoms with Gasteiger partial charge in [0.2, 0.25) is 0 Å². The van der Waals surface area contributed by atoms with Gasteiger partial charge >= 0.3 is 11.4 Å². The minimum Gasteiger partial charge on any atom is -0.486 e. The van der Waals surface area contributed by atoms with E-state index in [1.54, 1.807) is 28.9 Å². The number of aryl methyl sites for hydroxylation is 1. The first-order valence-electron chi connectivity index (χ1n) is 8.56. The first-order chi connectivity index (χ1) is 13.6. The average Bonchev–Trinajstić information content (AvgIpc) is 3.23. The van der Waals surface area contributed by atoms with Gasteiger partial charge in [0.05, 0.1) is 6.54 Å². The highest BCUT2D eigenvalue weighted by Crippen LogP contribution is 2.17. The van der Waals surface area contributed by atoms with Crippen LogP contribution in [0.15, 0.2) is 68.7 Å². The van der Waals surface area contributed by atoms with Crippen molar-refractivity contribution in [3.8, 4) is 17.1 Å². The molecular formula is C19H17N5O4. The van der Waals surface area contributed by atoms with Gasteiger partial charge in [0, 0.05) is 12.6 Å². The van der Waals surface area contributed by atoms with Gasteiger partial charge in [-0.05, 0) is 17.7 Å². The van der Waals surface area contributed by atoms with E-state index in [0.29, 0.717) is 17.4 Å². The maximum Gasteiger partial charge on any atom is 0.440 e. The Kier molecular flexibility index (Phi) is 4.63. The van der Waals surface area contributed by atoms with Gasteiger partial charge in [-0.25, -0.2) is 24.2 Å². The summed E-state index contributed by atoms with van der Waals surface area (Å²) in [5.41, 5.74) is 1.16. The highest BCUT2D eigenvalue weighted by atomic mass is 16.5. The number of aromatic nitrogens is 5. The Hall–Kier alpha value is -3.88. The molecule has 0 aliphatic heterocycles. The number of rotatable bonds is 6. The van der Waals surface area contributed by atoms with Gasteiger partial charge in [0.1, 0.15) is 12.4 Å². The predicted molar refractivity (Wildman–Crippen MR) is 99.9 cm³/mol. The van der Waals surface area contributed by atoms with Gasteiger partial charge in [-0.1, -0.05) is 42.5 Å². The molecule has 0 atom stereocenters. The van der Waals surface area contributed by atoms with Gasteiger partial charge in [-0.3, -0.25) is 0 Å². The Morgan fingerprint density at radius 2 is 1.82 bits per heavy atom. The number of aromatic amines is 1. The molecule has 142 valence electrons. The van der Waals surface area contributed by atoms with Crippen LogP contribution in [0.2, 0.25) is 0 Å². The van der Waals surface area contributed by atoms with Crippen molar-refractivity contribution < 1.29 is 9.26 Å². The third-order valence-corrected chi connectivity index (χ3v) is 4.13. The topological polar surface area (TPSA) is 108 Å². The van der Waals surface area contributed by atoms with Crippen molar-refractivity contribution in [2.45, 2.75) is 13.2 Å². The highest BCUT2D eigenvalue weighted by Gasteiger charge is 2.10. The molecular weight excluding hydrogens is 362 g/mol. The first-order valence-corrected chi connectivity index (χ1v) is 8.56. The fraction of sp³-hybridized carbons (Fsp3) is 0.158. The zero-order chi connectivity index (χ0) is 19.5. The highest BCUT2D eigenvalue weighted by molar-refractivity contribution is 5.53. The molecule has 0 aliphatic rings. The van der Waals surface area contributed by atoms with Crippen LogP contribution in [0.5, 0.6) is 5.75 Å². The summed E-state index contributed by atoms with van der Waals surface area (Å²) >= 11 is 0. The largest absolute Gasteiger partial charge is 0.486 e. The lowest BCUT2D eigenvalue weighted by atomic mass is 10.2. The van der Waals surface area contributed by atoms with Gasteiger partial charge in [-0.2, -0.15) is 5.10 Å². The van der Waals surface area contributed by atoms with Crippen molar-refractivity contribution in [3.05, 3.63) is 87.0 Å². The lowest BCUT2D eigenvalue weighted by Gasteiger charge is -2.06. The lowest BCUT2D eigenvalue weighted by Crippen LogP contribution is -2.17. The van der Waals surface area contributed by atoms with Crippen LogP contribution in [0.1, 0.15) is 11.4 Å². The average molecular weight is 379 g/mol. The van der Waals surface area contributed by atoms with Crippen LogP contribution in [-0.2, 0) is 20.2 Å². The number of nitrogens with one attached hydrogen (secondary N) is 1. The molecule has 2 aromatic carbocycles. The molecule has 0 saturated carbocycles. The van der Waals surface area contributed by atoms with Crippen molar-refractivity contribution in [1.82, 2.24) is 24.5 Å². The smallest absolute Gasteiger partial charge is 0.440 e. The summed E-state index contributed by atoms with van der Waals surface area (Å²) in [5.74, 6) is 1.22. The van der Waals surface area contributed by atoms with Gasteiger partial charge < -0.3 is 9.26 Å². The second-order valence-electron chi connectivity index (χ2n) is 6.12. The molecule has 1 N–H and O–H groups in total. The summed E-state index contributed by atoms with van der Waals surface area (Å²) in [6.07, 6.45) is 0. The molecule has 4 aromatic rings. The Labute approximate surface area is 158 Å². The Morgan fingerprint density at radius 1 is 1.07 bits per heavy atom. The zero-order valence-corrected chi connectivity index (χ0v) is 15.0. The van der Waals surface area contributed by atoms with Crippen molar-refractivity contribution in [1.29, 1.82) is 0 Å². The molecule has 0 spiro atoms. The van der Waals surface area contributed by atoms with Crippen LogP contribution >= 0.6 is 0 Å². The summed E-state index contributed by atoms with van der Waals surface area (Å²) in [7, 11) is 1.82. The second-order valence-corrected chi connectivity index (χ2v) is 6.12. The summed E-state index contributed by atoms with van der Waals surface area (Å²) in [4.78, 5) is 29.1. The number of hydrogen-bond donors (Lipinski definition) is 1. The normalized spacial score (nSPS) is 10.9. The Balaban J connectivity index is 1.41. The van der Waals surface area contributed by atoms with Crippen molar-refractivity contribution in [2.24, 2.45) is 7.05 Å². The SMILES string of the molecule is Cn1nc(-c2ccccc2)nc1COc1ccc(Cn2oc(=O)[nH]c2=O)cc1. The van der Waals surface area contributed by atoms with Crippen molar-refractivity contribution in [3.63, 3.8) is 0 Å². The number of benzene rings is 2. The minimum atomic E-state index is -0.775. The quantitative estimate of drug-likeness (QED) is 0.545. The molecule has 9 nitrogen and oxygen atoms in total. The zero-order valence-electron chi connectivity index (χ0n) is 15.0. The van der Waals surface area contributed by atoms with Crippen LogP contribution < -0.4 is 16.2 Å². The number of ether oxygens (including phenoxy) is 1. The molecule has 0 bridgehead atoms. The summed E-state index contributed by atoms with van der Waals surface area (Å²) in [6.45, 7) is 0.420. The van der Waals surface area contributed by atoms with E-state index in [0.717, 1.165) is 15.9 Å². The van der Waals surface area contributed by atoms with E-state index in [-0.39, 0.29) is 13.2 Å². The van der Waals surface area contributed by atoms with E-state index in [1.807, 2.05) is 42.4 Å². The Morgan fingerprint density at radius 3 is 2.50 bits per heavy atom. The van der Waals surface area contributed by atoms with Gasteiger partial charge in [-0.15, -0.1) is 4.74 Å². The van der Waals surface area contributed by atoms with Crippen LogP contribution in [0.25, 0.3) is 11.4 Å². The predicted octanol–water partition coefficient (Wildman–Crippen LogP) is 1.55. The Bertz CT molecular complexity index is 1190. The second kappa shape index (κ2) is 7.39. The van der Waals surface area contributed by atoms with E-state index >= 15 is 0 Å². The molecule has 2 heterocycles. The summed E-state index contributed by atoms with van der Waals surface area (Å²) in [5, 5.41) is 4.42. The van der Waals surface area contributed by atoms with E-state index in [9.17, 15) is 9.59 Å². The molecule has 0 fully saturated rings. The molecule has 4 rings (SSSR count). The van der Waals surface area contributed by atoms with Crippen LogP contribution in [0.4, 0.5) is 0 Å². The van der Waals surface area contributed by atoms with E-state index in [1.165, 1.54) is 0 Å². The molecule has 9 heteroatoms. The molecule has 2 aromatic heterocycles. The number of hydrogen-bond acceptors (Lipinski definition) is 6. The van der Waals surface area contributed by atoms with Crippen LogP contribution in [0.3, 0.4) is 0 Å². The fourth-order valence-electron chi connectivity index (χ4n) is 2.67. The maximum absolute atomic E-state index is 11.5. The molecule has 0 radical (unpaired) electrons. The van der Waals surface area contributed by atoms with E-state index in [2.05, 4.69) is 10.1 Å². The molecule has 28 heavy (non-hydrogen) atoms. The third-order valence-electron chi connectivity index (χ3n) is 4.13. The standard InChI is InChI=1S/C19H17N5O4/c1-23-16(20-17(22-23)14-5-3-2-4-6-14)12-27-15-9-7-13(8-10-15)11-24-18(25)21-19(26)28-24/h2-10H,11-12H2,1H3,(H,21,25,26). The summed E-state index contributed by atoms with van der Waals surface area (Å²) < 4.78 is 13.2. The van der Waals surface area contributed by atoms with Crippen molar-refractivity contribution >= 4 is 0 Å². The van der Waals surface area contributed by atoms with Crippen molar-refractivity contribution in [2.75, 3.05) is 0 Å².